The molecule has 2 aliphatic rings. The highest BCUT2D eigenvalue weighted by molar-refractivity contribution is 5.79. The predicted molar refractivity (Wildman–Crippen MR) is 68.9 cm³/mol. The van der Waals surface area contributed by atoms with E-state index < -0.39 is 0 Å². The van der Waals surface area contributed by atoms with Gasteiger partial charge in [-0.15, -0.1) is 0 Å². The van der Waals surface area contributed by atoms with Crippen molar-refractivity contribution in [2.45, 2.75) is 51.7 Å². The van der Waals surface area contributed by atoms with Crippen molar-refractivity contribution in [3.63, 3.8) is 0 Å². The van der Waals surface area contributed by atoms with E-state index in [-0.39, 0.29) is 0 Å². The van der Waals surface area contributed by atoms with Gasteiger partial charge in [-0.25, -0.2) is 0 Å². The zero-order valence-electron chi connectivity index (χ0n) is 11.3. The number of carbonyl (C=O) groups excluding carboxylic acids is 1. The summed E-state index contributed by atoms with van der Waals surface area (Å²) in [5.41, 5.74) is 0. The number of hydrogen-bond acceptors (Lipinski definition) is 3. The number of likely N-dealkylation sites (N-methyl/N-ethyl adjacent to an activating group) is 1. The van der Waals surface area contributed by atoms with E-state index in [0.29, 0.717) is 30.6 Å². The van der Waals surface area contributed by atoms with Crippen molar-refractivity contribution < 1.29 is 4.79 Å². The predicted octanol–water partition coefficient (Wildman–Crippen LogP) is 0.680. The van der Waals surface area contributed by atoms with Gasteiger partial charge in [0.05, 0.1) is 6.54 Å². The zero-order valence-corrected chi connectivity index (χ0v) is 11.3. The second-order valence-electron chi connectivity index (χ2n) is 5.57. The van der Waals surface area contributed by atoms with Gasteiger partial charge in [-0.3, -0.25) is 9.69 Å². The SMILES string of the molecule is CCN(C(=O)CN1CC(C)NC(C)C1)C1CC1. The van der Waals surface area contributed by atoms with E-state index in [2.05, 4.69) is 35.9 Å². The molecule has 2 rings (SSSR count). The Balaban J connectivity index is 1.84. The van der Waals surface area contributed by atoms with E-state index in [1.165, 1.54) is 12.8 Å². The van der Waals surface area contributed by atoms with Gasteiger partial charge in [-0.1, -0.05) is 0 Å². The summed E-state index contributed by atoms with van der Waals surface area (Å²) in [4.78, 5) is 16.5. The van der Waals surface area contributed by atoms with Crippen molar-refractivity contribution in [2.75, 3.05) is 26.2 Å². The summed E-state index contributed by atoms with van der Waals surface area (Å²) in [5.74, 6) is 0.316. The molecule has 1 amide bonds. The summed E-state index contributed by atoms with van der Waals surface area (Å²) in [6.07, 6.45) is 2.40. The van der Waals surface area contributed by atoms with E-state index in [9.17, 15) is 4.79 Å². The maximum Gasteiger partial charge on any atom is 0.236 e. The molecule has 0 bridgehead atoms. The maximum atomic E-state index is 12.2. The van der Waals surface area contributed by atoms with Crippen LogP contribution < -0.4 is 5.32 Å². The third-order valence-electron chi connectivity index (χ3n) is 3.64. The van der Waals surface area contributed by atoms with Crippen LogP contribution in [0.25, 0.3) is 0 Å². The first-order valence-electron chi connectivity index (χ1n) is 6.88. The summed E-state index contributed by atoms with van der Waals surface area (Å²) in [6, 6.07) is 1.52. The molecule has 1 saturated heterocycles. The summed E-state index contributed by atoms with van der Waals surface area (Å²) < 4.78 is 0. The molecule has 0 aromatic rings. The highest BCUT2D eigenvalue weighted by atomic mass is 16.2. The maximum absolute atomic E-state index is 12.2. The fourth-order valence-corrected chi connectivity index (χ4v) is 2.88. The van der Waals surface area contributed by atoms with Gasteiger partial charge in [0, 0.05) is 37.8 Å². The van der Waals surface area contributed by atoms with Crippen LogP contribution in [-0.4, -0.2) is 60.0 Å². The second-order valence-corrected chi connectivity index (χ2v) is 5.57. The molecule has 1 N–H and O–H groups in total. The molecule has 2 unspecified atom stereocenters. The number of amides is 1. The number of nitrogens with one attached hydrogen (secondary N) is 1. The number of piperazine rings is 1. The standard InChI is InChI=1S/C13H25N3O/c1-4-16(12-5-6-12)13(17)9-15-7-10(2)14-11(3)8-15/h10-12,14H,4-9H2,1-3H3. The lowest BCUT2D eigenvalue weighted by atomic mass is 10.1. The van der Waals surface area contributed by atoms with Crippen LogP contribution in [0.4, 0.5) is 0 Å². The second kappa shape index (κ2) is 5.36. The molecule has 1 aliphatic heterocycles. The minimum absolute atomic E-state index is 0.316. The molecule has 0 radical (unpaired) electrons. The molecule has 2 fully saturated rings. The van der Waals surface area contributed by atoms with Gasteiger partial charge in [0.2, 0.25) is 5.91 Å². The molecule has 0 aromatic carbocycles. The van der Waals surface area contributed by atoms with Crippen LogP contribution in [0.15, 0.2) is 0 Å². The fraction of sp³-hybridized carbons (Fsp3) is 0.923. The summed E-state index contributed by atoms with van der Waals surface area (Å²) >= 11 is 0. The van der Waals surface area contributed by atoms with E-state index in [0.717, 1.165) is 19.6 Å². The van der Waals surface area contributed by atoms with Crippen molar-refractivity contribution in [1.29, 1.82) is 0 Å². The minimum Gasteiger partial charge on any atom is -0.339 e. The monoisotopic (exact) mass is 239 g/mol. The van der Waals surface area contributed by atoms with E-state index in [1.807, 2.05) is 0 Å². The van der Waals surface area contributed by atoms with Crippen molar-refractivity contribution in [3.05, 3.63) is 0 Å². The molecular weight excluding hydrogens is 214 g/mol. The molecule has 4 nitrogen and oxygen atoms in total. The molecule has 2 atom stereocenters. The smallest absolute Gasteiger partial charge is 0.236 e. The van der Waals surface area contributed by atoms with Gasteiger partial charge >= 0.3 is 0 Å². The van der Waals surface area contributed by atoms with Crippen LogP contribution in [0.1, 0.15) is 33.6 Å². The van der Waals surface area contributed by atoms with Gasteiger partial charge in [0.1, 0.15) is 0 Å². The summed E-state index contributed by atoms with van der Waals surface area (Å²) in [6.45, 7) is 9.88. The van der Waals surface area contributed by atoms with Crippen LogP contribution in [0.2, 0.25) is 0 Å². The number of hydrogen-bond donors (Lipinski definition) is 1. The van der Waals surface area contributed by atoms with E-state index in [1.54, 1.807) is 0 Å². The van der Waals surface area contributed by atoms with Gasteiger partial charge < -0.3 is 10.2 Å². The average Bonchev–Trinajstić information content (AvgIpc) is 3.01. The summed E-state index contributed by atoms with van der Waals surface area (Å²) in [5, 5.41) is 3.49. The lowest BCUT2D eigenvalue weighted by Gasteiger charge is -2.36. The lowest BCUT2D eigenvalue weighted by molar-refractivity contribution is -0.133. The van der Waals surface area contributed by atoms with Crippen molar-refractivity contribution in [3.8, 4) is 0 Å². The molecule has 4 heteroatoms. The fourth-order valence-electron chi connectivity index (χ4n) is 2.88. The van der Waals surface area contributed by atoms with Gasteiger partial charge in [-0.05, 0) is 33.6 Å². The number of nitrogens with zero attached hydrogens (tertiary/aromatic N) is 2. The zero-order chi connectivity index (χ0) is 12.4. The largest absolute Gasteiger partial charge is 0.339 e. The first kappa shape index (κ1) is 12.8. The molecular formula is C13H25N3O. The van der Waals surface area contributed by atoms with E-state index >= 15 is 0 Å². The normalized spacial score (nSPS) is 30.3. The van der Waals surface area contributed by atoms with E-state index in [4.69, 9.17) is 0 Å². The third-order valence-corrected chi connectivity index (χ3v) is 3.64. The molecule has 1 aliphatic carbocycles. The van der Waals surface area contributed by atoms with Crippen LogP contribution >= 0.6 is 0 Å². The van der Waals surface area contributed by atoms with Crippen molar-refractivity contribution >= 4 is 5.91 Å². The van der Waals surface area contributed by atoms with Crippen molar-refractivity contribution in [1.82, 2.24) is 15.1 Å². The average molecular weight is 239 g/mol. The first-order valence-corrected chi connectivity index (χ1v) is 6.88. The molecule has 98 valence electrons. The topological polar surface area (TPSA) is 35.6 Å². The lowest BCUT2D eigenvalue weighted by Crippen LogP contribution is -2.56. The van der Waals surface area contributed by atoms with Crippen LogP contribution in [0, 0.1) is 0 Å². The van der Waals surface area contributed by atoms with Gasteiger partial charge in [0.25, 0.3) is 0 Å². The first-order chi connectivity index (χ1) is 8.10. The Morgan fingerprint density at radius 2 is 1.88 bits per heavy atom. The molecule has 17 heavy (non-hydrogen) atoms. The Hall–Kier alpha value is -0.610. The Labute approximate surface area is 104 Å². The van der Waals surface area contributed by atoms with Gasteiger partial charge in [0.15, 0.2) is 0 Å². The Morgan fingerprint density at radius 3 is 2.35 bits per heavy atom. The Bertz CT molecular complexity index is 268. The molecule has 1 saturated carbocycles. The number of carbonyl (C=O) groups is 1. The molecule has 0 aromatic heterocycles. The van der Waals surface area contributed by atoms with Crippen LogP contribution in [0.5, 0.6) is 0 Å². The molecule has 0 spiro atoms. The summed E-state index contributed by atoms with van der Waals surface area (Å²) in [7, 11) is 0. The van der Waals surface area contributed by atoms with Crippen molar-refractivity contribution in [2.24, 2.45) is 0 Å². The highest BCUT2D eigenvalue weighted by Crippen LogP contribution is 2.26. The third kappa shape index (κ3) is 3.42. The quantitative estimate of drug-likeness (QED) is 0.783. The minimum atomic E-state index is 0.316. The Kier molecular flexibility index (Phi) is 4.05. The molecule has 1 heterocycles. The van der Waals surface area contributed by atoms with Gasteiger partial charge in [-0.2, -0.15) is 0 Å². The van der Waals surface area contributed by atoms with Crippen LogP contribution in [0.3, 0.4) is 0 Å². The van der Waals surface area contributed by atoms with Crippen LogP contribution in [-0.2, 0) is 4.79 Å². The highest BCUT2D eigenvalue weighted by Gasteiger charge is 2.32. The number of rotatable bonds is 4. The Morgan fingerprint density at radius 1 is 1.29 bits per heavy atom.